The molecule has 2 aliphatic carbocycles. The molecule has 34 heavy (non-hydrogen) atoms. The van der Waals surface area contributed by atoms with E-state index in [1.165, 1.54) is 5.43 Å². The second-order valence-electron chi connectivity index (χ2n) is 9.01. The number of ether oxygens (including phenoxy) is 1. The predicted molar refractivity (Wildman–Crippen MR) is 128 cm³/mol. The van der Waals surface area contributed by atoms with E-state index < -0.39 is 0 Å². The number of carbonyl (C=O) groups excluding carboxylic acids is 2. The van der Waals surface area contributed by atoms with E-state index in [2.05, 4.69) is 10.6 Å². The molecule has 8 heteroatoms. The minimum absolute atomic E-state index is 0.0415. The van der Waals surface area contributed by atoms with E-state index >= 15 is 0 Å². The summed E-state index contributed by atoms with van der Waals surface area (Å²) in [4.78, 5) is 25.1. The topological polar surface area (TPSA) is 127 Å². The maximum absolute atomic E-state index is 12.8. The van der Waals surface area contributed by atoms with Gasteiger partial charge in [0.2, 0.25) is 0 Å². The Hall–Kier alpha value is -3.04. The number of hydrogen-bond acceptors (Lipinski definition) is 4. The molecule has 0 spiro atoms. The first-order chi connectivity index (χ1) is 16.6. The van der Waals surface area contributed by atoms with Gasteiger partial charge in [-0.1, -0.05) is 30.3 Å². The molecule has 0 bridgehead atoms. The highest BCUT2D eigenvalue weighted by molar-refractivity contribution is 5.94. The Morgan fingerprint density at radius 2 is 1.62 bits per heavy atom. The Morgan fingerprint density at radius 1 is 0.941 bits per heavy atom. The van der Waals surface area contributed by atoms with Crippen LogP contribution in [0.15, 0.2) is 66.0 Å². The molecule has 8 N–H and O–H groups in total. The summed E-state index contributed by atoms with van der Waals surface area (Å²) in [5, 5.41) is 8.01. The molecule has 0 aliphatic heterocycles. The van der Waals surface area contributed by atoms with E-state index in [1.807, 2.05) is 59.9 Å². The summed E-state index contributed by atoms with van der Waals surface area (Å²) in [7, 11) is 0. The molecule has 0 unspecified atom stereocenters. The smallest absolute Gasteiger partial charge is 0.313 e. The molecule has 0 heterocycles. The van der Waals surface area contributed by atoms with E-state index in [4.69, 9.17) is 10.6 Å². The lowest BCUT2D eigenvalue weighted by Crippen LogP contribution is -2.94. The maximum atomic E-state index is 12.8. The highest BCUT2D eigenvalue weighted by atomic mass is 16.5. The number of nitrogens with one attached hydrogen (secondary N) is 2. The van der Waals surface area contributed by atoms with E-state index in [0.29, 0.717) is 36.9 Å². The fraction of sp³-hybridized carbons (Fsp3) is 0.385. The number of quaternary nitrogens is 2. The summed E-state index contributed by atoms with van der Waals surface area (Å²) in [6, 6.07) is 18.1. The third kappa shape index (κ3) is 7.50. The molecule has 2 aromatic carbocycles. The molecule has 0 atom stereocenters. The van der Waals surface area contributed by atoms with E-state index in [1.54, 1.807) is 0 Å². The van der Waals surface area contributed by atoms with Crippen molar-refractivity contribution in [3.05, 3.63) is 77.1 Å². The zero-order valence-corrected chi connectivity index (χ0v) is 19.5. The highest BCUT2D eigenvalue weighted by Crippen LogP contribution is 2.20. The molecule has 8 nitrogen and oxygen atoms in total. The van der Waals surface area contributed by atoms with Crippen LogP contribution in [0.3, 0.4) is 0 Å². The molecule has 2 aromatic rings. The highest BCUT2D eigenvalue weighted by Gasteiger charge is 2.30. The van der Waals surface area contributed by atoms with Gasteiger partial charge in [-0.2, -0.15) is 5.84 Å². The molecule has 0 aromatic heterocycles. The van der Waals surface area contributed by atoms with Crippen molar-refractivity contribution >= 4 is 17.5 Å². The lowest BCUT2D eigenvalue weighted by molar-refractivity contribution is -0.629. The molecule has 0 radical (unpaired) electrons. The number of hydrogen-bond donors (Lipinski definition) is 5. The lowest BCUT2D eigenvalue weighted by Gasteiger charge is -2.11. The van der Waals surface area contributed by atoms with Crippen molar-refractivity contribution in [3.63, 3.8) is 0 Å². The lowest BCUT2D eigenvalue weighted by atomic mass is 10.1. The minimum atomic E-state index is -0.137. The third-order valence-electron chi connectivity index (χ3n) is 5.94. The van der Waals surface area contributed by atoms with Crippen LogP contribution in [-0.4, -0.2) is 30.5 Å². The predicted octanol–water partition coefficient (Wildman–Crippen LogP) is 0.698. The Morgan fingerprint density at radius 3 is 2.26 bits per heavy atom. The molecular weight excluding hydrogens is 430 g/mol. The van der Waals surface area contributed by atoms with Crippen molar-refractivity contribution in [2.75, 3.05) is 6.61 Å². The average Bonchev–Trinajstić information content (AvgIpc) is 3.78. The fourth-order valence-electron chi connectivity index (χ4n) is 3.66. The Labute approximate surface area is 200 Å². The van der Waals surface area contributed by atoms with E-state index in [0.717, 1.165) is 49.1 Å². The standard InChI is InChI=1S/C26H33N5O3/c27-31-24(26(33)30-22-14-15-22)23(7-4-16-34-17-18-5-2-1-3-6-18)28-20-10-8-19(9-11-20)25(32)29-21-12-13-21/h1-3,5-6,8-11,21-22,28,31H,4,7,12-17,27H2,(H,29,32)(H,30,33)/p+2/b24-23-. The summed E-state index contributed by atoms with van der Waals surface area (Å²) in [6.45, 7) is 1.14. The van der Waals surface area contributed by atoms with E-state index in [9.17, 15) is 9.59 Å². The molecule has 180 valence electrons. The van der Waals surface area contributed by atoms with Gasteiger partial charge in [0.1, 0.15) is 5.69 Å². The van der Waals surface area contributed by atoms with Crippen molar-refractivity contribution < 1.29 is 25.1 Å². The first kappa shape index (κ1) is 24.1. The van der Waals surface area contributed by atoms with Gasteiger partial charge in [0, 0.05) is 42.8 Å². The second kappa shape index (κ2) is 11.9. The SMILES string of the molecule is N[NH2+]/C(C(=O)NC1CC1)=C(/CCCOCc1ccccc1)[NH2+]c1ccc(C(=O)NC2CC2)cc1. The number of carbonyl (C=O) groups is 2. The van der Waals surface area contributed by atoms with Crippen LogP contribution in [0.4, 0.5) is 5.69 Å². The summed E-state index contributed by atoms with van der Waals surface area (Å²) >= 11 is 0. The molecule has 2 aliphatic rings. The number of rotatable bonds is 13. The van der Waals surface area contributed by atoms with Crippen LogP contribution in [0.2, 0.25) is 0 Å². The maximum Gasteiger partial charge on any atom is 0.313 e. The number of allylic oxidation sites excluding steroid dienone is 1. The summed E-state index contributed by atoms with van der Waals surface area (Å²) in [5.74, 6) is 5.72. The molecule has 2 fully saturated rings. The largest absolute Gasteiger partial charge is 0.377 e. The van der Waals surface area contributed by atoms with Gasteiger partial charge in [-0.05, 0) is 49.8 Å². The summed E-state index contributed by atoms with van der Waals surface area (Å²) < 4.78 is 5.82. The summed E-state index contributed by atoms with van der Waals surface area (Å²) in [6.07, 6.45) is 5.55. The molecular formula is C26H35N5O3+2. The van der Waals surface area contributed by atoms with Crippen LogP contribution in [0.25, 0.3) is 0 Å². The van der Waals surface area contributed by atoms with Gasteiger partial charge in [-0.3, -0.25) is 14.9 Å². The van der Waals surface area contributed by atoms with Gasteiger partial charge in [-0.25, -0.2) is 5.43 Å². The average molecular weight is 466 g/mol. The molecule has 4 rings (SSSR count). The zero-order valence-electron chi connectivity index (χ0n) is 19.5. The van der Waals surface area contributed by atoms with Crippen molar-refractivity contribution in [3.8, 4) is 0 Å². The Kier molecular flexibility index (Phi) is 8.43. The van der Waals surface area contributed by atoms with Crippen LogP contribution >= 0.6 is 0 Å². The Balaban J connectivity index is 1.38. The zero-order chi connectivity index (χ0) is 23.8. The number of nitrogens with two attached hydrogens (primary N) is 3. The molecule has 2 amide bonds. The Bertz CT molecular complexity index is 999. The van der Waals surface area contributed by atoms with Gasteiger partial charge in [0.25, 0.3) is 11.6 Å². The summed E-state index contributed by atoms with van der Waals surface area (Å²) in [5.41, 5.74) is 5.44. The quantitative estimate of drug-likeness (QED) is 0.0981. The number of benzene rings is 2. The second-order valence-corrected chi connectivity index (χ2v) is 9.01. The van der Waals surface area contributed by atoms with Crippen LogP contribution in [0.1, 0.15) is 54.4 Å². The van der Waals surface area contributed by atoms with Crippen LogP contribution in [0, 0.1) is 0 Å². The van der Waals surface area contributed by atoms with Gasteiger partial charge in [-0.15, -0.1) is 0 Å². The van der Waals surface area contributed by atoms with Crippen LogP contribution < -0.4 is 27.2 Å². The molecule has 0 saturated heterocycles. The molecule has 2 saturated carbocycles. The third-order valence-corrected chi connectivity index (χ3v) is 5.94. The monoisotopic (exact) mass is 465 g/mol. The van der Waals surface area contributed by atoms with Crippen LogP contribution in [0.5, 0.6) is 0 Å². The van der Waals surface area contributed by atoms with Crippen molar-refractivity contribution in [2.24, 2.45) is 5.84 Å². The van der Waals surface area contributed by atoms with Gasteiger partial charge >= 0.3 is 5.91 Å². The van der Waals surface area contributed by atoms with Crippen LogP contribution in [-0.2, 0) is 16.1 Å². The normalized spacial score (nSPS) is 16.0. The van der Waals surface area contributed by atoms with Crippen molar-refractivity contribution in [2.45, 2.75) is 57.2 Å². The van der Waals surface area contributed by atoms with Crippen molar-refractivity contribution in [1.82, 2.24) is 10.6 Å². The fourth-order valence-corrected chi connectivity index (χ4v) is 3.66. The minimum Gasteiger partial charge on any atom is -0.377 e. The van der Waals surface area contributed by atoms with E-state index in [-0.39, 0.29) is 17.9 Å². The van der Waals surface area contributed by atoms with Crippen molar-refractivity contribution in [1.29, 1.82) is 0 Å². The van der Waals surface area contributed by atoms with Gasteiger partial charge in [0.15, 0.2) is 5.70 Å². The first-order valence-electron chi connectivity index (χ1n) is 12.1. The first-order valence-corrected chi connectivity index (χ1v) is 12.1. The van der Waals surface area contributed by atoms with Gasteiger partial charge < -0.3 is 15.4 Å². The van der Waals surface area contributed by atoms with Gasteiger partial charge in [0.05, 0.1) is 6.61 Å². The number of amides is 2.